The fourth-order valence-electron chi connectivity index (χ4n) is 1.99. The summed E-state index contributed by atoms with van der Waals surface area (Å²) >= 11 is 0. The van der Waals surface area contributed by atoms with Crippen LogP contribution in [-0.4, -0.2) is 17.0 Å². The molecule has 0 aliphatic rings. The highest BCUT2D eigenvalue weighted by atomic mass is 15.1. The molecule has 4 nitrogen and oxygen atoms in total. The summed E-state index contributed by atoms with van der Waals surface area (Å²) in [6, 6.07) is 8.74. The van der Waals surface area contributed by atoms with Crippen LogP contribution in [0.2, 0.25) is 0 Å². The van der Waals surface area contributed by atoms with E-state index in [0.717, 1.165) is 17.2 Å². The first-order valence-electron chi connectivity index (χ1n) is 6.44. The van der Waals surface area contributed by atoms with Crippen molar-refractivity contribution in [1.82, 2.24) is 9.97 Å². The molecular weight excluding hydrogens is 236 g/mol. The SMILES string of the molecule is CNc1ncnc(NC(C)c2ccc(C)cc2)c1C. The van der Waals surface area contributed by atoms with Crippen LogP contribution in [-0.2, 0) is 0 Å². The molecule has 2 rings (SSSR count). The van der Waals surface area contributed by atoms with Gasteiger partial charge in [0.1, 0.15) is 18.0 Å². The fraction of sp³-hybridized carbons (Fsp3) is 0.333. The number of anilines is 2. The van der Waals surface area contributed by atoms with Crippen LogP contribution < -0.4 is 10.6 Å². The summed E-state index contributed by atoms with van der Waals surface area (Å²) in [6.45, 7) is 6.23. The van der Waals surface area contributed by atoms with Crippen molar-refractivity contribution in [1.29, 1.82) is 0 Å². The standard InChI is InChI=1S/C15H20N4/c1-10-5-7-13(8-6-10)12(3)19-15-11(2)14(16-4)17-9-18-15/h5-9,12H,1-4H3,(H2,16,17,18,19). The van der Waals surface area contributed by atoms with Gasteiger partial charge in [0.2, 0.25) is 0 Å². The monoisotopic (exact) mass is 256 g/mol. The summed E-state index contributed by atoms with van der Waals surface area (Å²) < 4.78 is 0. The van der Waals surface area contributed by atoms with Gasteiger partial charge >= 0.3 is 0 Å². The lowest BCUT2D eigenvalue weighted by Gasteiger charge is -2.17. The molecule has 0 aliphatic carbocycles. The van der Waals surface area contributed by atoms with E-state index in [1.54, 1.807) is 6.33 Å². The van der Waals surface area contributed by atoms with Crippen molar-refractivity contribution in [2.45, 2.75) is 26.8 Å². The van der Waals surface area contributed by atoms with Crippen molar-refractivity contribution >= 4 is 11.6 Å². The minimum atomic E-state index is 0.207. The second kappa shape index (κ2) is 5.69. The predicted octanol–water partition coefficient (Wildman–Crippen LogP) is 3.31. The lowest BCUT2D eigenvalue weighted by atomic mass is 10.1. The highest BCUT2D eigenvalue weighted by Gasteiger charge is 2.10. The molecular formula is C15H20N4. The summed E-state index contributed by atoms with van der Waals surface area (Å²) in [5.41, 5.74) is 3.55. The van der Waals surface area contributed by atoms with Gasteiger partial charge in [-0.25, -0.2) is 9.97 Å². The molecule has 1 atom stereocenters. The second-order valence-corrected chi connectivity index (χ2v) is 4.72. The normalized spacial score (nSPS) is 12.0. The second-order valence-electron chi connectivity index (χ2n) is 4.72. The van der Waals surface area contributed by atoms with Crippen LogP contribution in [0.4, 0.5) is 11.6 Å². The Morgan fingerprint density at radius 2 is 1.63 bits per heavy atom. The summed E-state index contributed by atoms with van der Waals surface area (Å²) in [7, 11) is 1.86. The maximum absolute atomic E-state index is 4.31. The van der Waals surface area contributed by atoms with E-state index < -0.39 is 0 Å². The number of aryl methyl sites for hydroxylation is 1. The summed E-state index contributed by atoms with van der Waals surface area (Å²) in [5, 5.41) is 6.49. The molecule has 0 amide bonds. The number of rotatable bonds is 4. The van der Waals surface area contributed by atoms with Crippen LogP contribution in [0.3, 0.4) is 0 Å². The Morgan fingerprint density at radius 3 is 2.26 bits per heavy atom. The van der Waals surface area contributed by atoms with Gasteiger partial charge in [-0.3, -0.25) is 0 Å². The van der Waals surface area contributed by atoms with E-state index in [9.17, 15) is 0 Å². The van der Waals surface area contributed by atoms with Gasteiger partial charge < -0.3 is 10.6 Å². The van der Waals surface area contributed by atoms with Gasteiger partial charge in [0.15, 0.2) is 0 Å². The molecule has 1 aromatic heterocycles. The average Bonchev–Trinajstić information content (AvgIpc) is 2.42. The zero-order chi connectivity index (χ0) is 13.8. The van der Waals surface area contributed by atoms with E-state index in [1.807, 2.05) is 14.0 Å². The maximum atomic E-state index is 4.31. The van der Waals surface area contributed by atoms with E-state index in [0.29, 0.717) is 0 Å². The Kier molecular flexibility index (Phi) is 4.00. The Morgan fingerprint density at radius 1 is 1.00 bits per heavy atom. The van der Waals surface area contributed by atoms with Gasteiger partial charge in [-0.1, -0.05) is 29.8 Å². The van der Waals surface area contributed by atoms with Gasteiger partial charge in [0, 0.05) is 18.7 Å². The quantitative estimate of drug-likeness (QED) is 0.881. The molecule has 1 unspecified atom stereocenters. The largest absolute Gasteiger partial charge is 0.373 e. The molecule has 0 radical (unpaired) electrons. The Bertz CT molecular complexity index is 549. The first kappa shape index (κ1) is 13.3. The number of hydrogen-bond donors (Lipinski definition) is 2. The van der Waals surface area contributed by atoms with Crippen LogP contribution in [0, 0.1) is 13.8 Å². The zero-order valence-electron chi connectivity index (χ0n) is 11.9. The van der Waals surface area contributed by atoms with Crippen LogP contribution in [0.5, 0.6) is 0 Å². The van der Waals surface area contributed by atoms with Crippen molar-refractivity contribution < 1.29 is 0 Å². The van der Waals surface area contributed by atoms with E-state index in [4.69, 9.17) is 0 Å². The molecule has 1 heterocycles. The van der Waals surface area contributed by atoms with E-state index in [-0.39, 0.29) is 6.04 Å². The van der Waals surface area contributed by atoms with Crippen LogP contribution in [0.1, 0.15) is 29.7 Å². The fourth-order valence-corrected chi connectivity index (χ4v) is 1.99. The first-order valence-corrected chi connectivity index (χ1v) is 6.44. The van der Waals surface area contributed by atoms with Gasteiger partial charge in [0.05, 0.1) is 0 Å². The molecule has 0 aliphatic heterocycles. The predicted molar refractivity (Wildman–Crippen MR) is 79.5 cm³/mol. The molecule has 2 aromatic rings. The number of hydrogen-bond acceptors (Lipinski definition) is 4. The van der Waals surface area contributed by atoms with Crippen LogP contribution in [0.25, 0.3) is 0 Å². The third-order valence-corrected chi connectivity index (χ3v) is 3.25. The summed E-state index contributed by atoms with van der Waals surface area (Å²) in [6.07, 6.45) is 1.57. The molecule has 2 N–H and O–H groups in total. The molecule has 0 fully saturated rings. The number of nitrogens with one attached hydrogen (secondary N) is 2. The zero-order valence-corrected chi connectivity index (χ0v) is 11.9. The Labute approximate surface area is 114 Å². The summed E-state index contributed by atoms with van der Waals surface area (Å²) in [5.74, 6) is 1.72. The highest BCUT2D eigenvalue weighted by molar-refractivity contribution is 5.56. The van der Waals surface area contributed by atoms with Crippen molar-refractivity contribution in [2.75, 3.05) is 17.7 Å². The van der Waals surface area contributed by atoms with E-state index in [2.05, 4.69) is 58.7 Å². The Balaban J connectivity index is 2.19. The van der Waals surface area contributed by atoms with Crippen LogP contribution >= 0.6 is 0 Å². The van der Waals surface area contributed by atoms with Crippen molar-refractivity contribution in [2.24, 2.45) is 0 Å². The third-order valence-electron chi connectivity index (χ3n) is 3.25. The molecule has 1 aromatic carbocycles. The van der Waals surface area contributed by atoms with Gasteiger partial charge in [0.25, 0.3) is 0 Å². The lowest BCUT2D eigenvalue weighted by Crippen LogP contribution is -2.10. The Hall–Kier alpha value is -2.10. The molecule has 0 spiro atoms. The molecule has 0 bridgehead atoms. The van der Waals surface area contributed by atoms with Crippen molar-refractivity contribution in [3.63, 3.8) is 0 Å². The smallest absolute Gasteiger partial charge is 0.134 e. The lowest BCUT2D eigenvalue weighted by molar-refractivity contribution is 0.867. The van der Waals surface area contributed by atoms with E-state index in [1.165, 1.54) is 11.1 Å². The minimum absolute atomic E-state index is 0.207. The van der Waals surface area contributed by atoms with Gasteiger partial charge in [-0.15, -0.1) is 0 Å². The molecule has 19 heavy (non-hydrogen) atoms. The minimum Gasteiger partial charge on any atom is -0.373 e. The molecule has 100 valence electrons. The third kappa shape index (κ3) is 3.02. The first-order chi connectivity index (χ1) is 9.11. The topological polar surface area (TPSA) is 49.8 Å². The van der Waals surface area contributed by atoms with Gasteiger partial charge in [-0.05, 0) is 26.3 Å². The highest BCUT2D eigenvalue weighted by Crippen LogP contribution is 2.23. The van der Waals surface area contributed by atoms with Crippen LogP contribution in [0.15, 0.2) is 30.6 Å². The maximum Gasteiger partial charge on any atom is 0.134 e. The molecule has 4 heteroatoms. The van der Waals surface area contributed by atoms with Gasteiger partial charge in [-0.2, -0.15) is 0 Å². The number of nitrogens with zero attached hydrogens (tertiary/aromatic N) is 2. The summed E-state index contributed by atoms with van der Waals surface area (Å²) in [4.78, 5) is 8.49. The number of benzene rings is 1. The van der Waals surface area contributed by atoms with Crippen molar-refractivity contribution in [3.8, 4) is 0 Å². The van der Waals surface area contributed by atoms with Crippen molar-refractivity contribution in [3.05, 3.63) is 47.3 Å². The van der Waals surface area contributed by atoms with E-state index >= 15 is 0 Å². The molecule has 0 saturated heterocycles. The molecule has 0 saturated carbocycles. The number of aromatic nitrogens is 2. The average molecular weight is 256 g/mol.